The lowest BCUT2D eigenvalue weighted by molar-refractivity contribution is -0.122. The highest BCUT2D eigenvalue weighted by molar-refractivity contribution is 9.12. The Morgan fingerprint density at radius 3 is 1.91 bits per heavy atom. The molecule has 4 atom stereocenters. The highest BCUT2D eigenvalue weighted by atomic mass is 79.9. The number of rotatable bonds is 11. The van der Waals surface area contributed by atoms with Gasteiger partial charge in [0.25, 0.3) is 0 Å². The van der Waals surface area contributed by atoms with Gasteiger partial charge >= 0.3 is 5.97 Å². The number of esters is 1. The van der Waals surface area contributed by atoms with Crippen molar-refractivity contribution in [3.63, 3.8) is 0 Å². The Labute approximate surface area is 207 Å². The lowest BCUT2D eigenvalue weighted by atomic mass is 9.81. The summed E-state index contributed by atoms with van der Waals surface area (Å²) in [5.74, 6) is -1.21. The summed E-state index contributed by atoms with van der Waals surface area (Å²) >= 11 is 7.21. The van der Waals surface area contributed by atoms with Crippen LogP contribution in [0.5, 0.6) is 0 Å². The third kappa shape index (κ3) is 6.22. The number of hydrogen-bond donors (Lipinski definition) is 0. The lowest BCUT2D eigenvalue weighted by Crippen LogP contribution is -2.34. The minimum Gasteiger partial charge on any atom is -0.462 e. The molecule has 7 heteroatoms. The van der Waals surface area contributed by atoms with Crippen LogP contribution in [0.3, 0.4) is 0 Å². The van der Waals surface area contributed by atoms with Crippen molar-refractivity contribution < 1.29 is 19.1 Å². The second kappa shape index (κ2) is 12.3. The van der Waals surface area contributed by atoms with Crippen LogP contribution < -0.4 is 4.90 Å². The molecule has 1 saturated carbocycles. The average molecular weight is 571 g/mol. The van der Waals surface area contributed by atoms with Crippen LogP contribution >= 0.6 is 31.9 Å². The fraction of sp³-hybridized carbons (Fsp3) is 0.640. The Kier molecular flexibility index (Phi) is 9.77. The molecule has 0 N–H and O–H groups in total. The molecular formula is C25H33Br2NO4. The summed E-state index contributed by atoms with van der Waals surface area (Å²) in [5.41, 5.74) is 0.956. The normalized spacial score (nSPS) is 25.2. The van der Waals surface area contributed by atoms with Crippen LogP contribution in [0.1, 0.15) is 81.5 Å². The molecule has 3 rings (SSSR count). The Bertz CT molecular complexity index is 770. The molecule has 5 nitrogen and oxygen atoms in total. The molecule has 0 aromatic heterocycles. The number of nitrogens with zero attached hydrogens (tertiary/aromatic N) is 1. The van der Waals surface area contributed by atoms with Crippen molar-refractivity contribution in [3.8, 4) is 0 Å². The van der Waals surface area contributed by atoms with Crippen molar-refractivity contribution in [1.29, 1.82) is 0 Å². The van der Waals surface area contributed by atoms with Gasteiger partial charge in [-0.05, 0) is 43.5 Å². The molecule has 4 unspecified atom stereocenters. The number of hydrogen-bond acceptors (Lipinski definition) is 4. The number of imide groups is 1. The van der Waals surface area contributed by atoms with Crippen LogP contribution in [0.25, 0.3) is 0 Å². The quantitative estimate of drug-likeness (QED) is 0.133. The second-order valence-electron chi connectivity index (χ2n) is 8.89. The smallest absolute Gasteiger partial charge is 0.338 e. The molecule has 0 spiro atoms. The average Bonchev–Trinajstić information content (AvgIpc) is 3.02. The number of unbranched alkanes of at least 4 members (excludes halogenated alkanes) is 7. The van der Waals surface area contributed by atoms with Crippen LogP contribution in [-0.4, -0.2) is 34.0 Å². The third-order valence-corrected chi connectivity index (χ3v) is 9.24. The molecule has 1 aliphatic carbocycles. The van der Waals surface area contributed by atoms with Crippen molar-refractivity contribution in [3.05, 3.63) is 29.8 Å². The number of carbonyl (C=O) groups is 3. The van der Waals surface area contributed by atoms with Gasteiger partial charge in [0.1, 0.15) is 0 Å². The number of benzene rings is 1. The van der Waals surface area contributed by atoms with E-state index in [2.05, 4.69) is 38.8 Å². The summed E-state index contributed by atoms with van der Waals surface area (Å²) in [4.78, 5) is 39.8. The first-order valence-corrected chi connectivity index (χ1v) is 13.7. The molecule has 0 radical (unpaired) electrons. The molecule has 1 heterocycles. The Morgan fingerprint density at radius 2 is 1.38 bits per heavy atom. The predicted octanol–water partition coefficient (Wildman–Crippen LogP) is 6.41. The van der Waals surface area contributed by atoms with E-state index in [0.29, 0.717) is 30.7 Å². The molecule has 2 fully saturated rings. The van der Waals surface area contributed by atoms with Crippen molar-refractivity contribution >= 4 is 55.3 Å². The van der Waals surface area contributed by atoms with E-state index in [9.17, 15) is 14.4 Å². The molecule has 2 aliphatic rings. The first-order chi connectivity index (χ1) is 15.4. The molecule has 0 bridgehead atoms. The highest BCUT2D eigenvalue weighted by Gasteiger charge is 2.52. The summed E-state index contributed by atoms with van der Waals surface area (Å²) in [6.07, 6.45) is 10.8. The number of halogens is 2. The zero-order chi connectivity index (χ0) is 23.1. The fourth-order valence-electron chi connectivity index (χ4n) is 4.58. The van der Waals surface area contributed by atoms with Crippen LogP contribution in [0, 0.1) is 11.8 Å². The summed E-state index contributed by atoms with van der Waals surface area (Å²) in [6.45, 7) is 2.64. The monoisotopic (exact) mass is 569 g/mol. The van der Waals surface area contributed by atoms with E-state index in [1.807, 2.05) is 0 Å². The molecular weight excluding hydrogens is 538 g/mol. The fourth-order valence-corrected chi connectivity index (χ4v) is 5.82. The van der Waals surface area contributed by atoms with Crippen LogP contribution in [0.15, 0.2) is 24.3 Å². The van der Waals surface area contributed by atoms with E-state index in [1.54, 1.807) is 24.3 Å². The molecule has 32 heavy (non-hydrogen) atoms. The topological polar surface area (TPSA) is 63.7 Å². The maximum atomic E-state index is 12.9. The Balaban J connectivity index is 1.46. The second-order valence-corrected chi connectivity index (χ2v) is 11.2. The Morgan fingerprint density at radius 1 is 0.875 bits per heavy atom. The number of amides is 2. The van der Waals surface area contributed by atoms with Gasteiger partial charge in [-0.25, -0.2) is 4.79 Å². The first kappa shape index (κ1) is 25.4. The van der Waals surface area contributed by atoms with Gasteiger partial charge in [-0.15, -0.1) is 0 Å². The zero-order valence-corrected chi connectivity index (χ0v) is 21.9. The minimum absolute atomic E-state index is 0.145. The maximum Gasteiger partial charge on any atom is 0.338 e. The van der Waals surface area contributed by atoms with Crippen LogP contribution in [-0.2, 0) is 14.3 Å². The first-order valence-electron chi connectivity index (χ1n) is 11.9. The minimum atomic E-state index is -0.364. The van der Waals surface area contributed by atoms with Crippen molar-refractivity contribution in [2.75, 3.05) is 11.5 Å². The number of carbonyl (C=O) groups excluding carboxylic acids is 3. The van der Waals surface area contributed by atoms with E-state index in [4.69, 9.17) is 4.74 Å². The molecule has 1 aliphatic heterocycles. The predicted molar refractivity (Wildman–Crippen MR) is 133 cm³/mol. The van der Waals surface area contributed by atoms with E-state index >= 15 is 0 Å². The third-order valence-electron chi connectivity index (χ3n) is 6.50. The largest absolute Gasteiger partial charge is 0.462 e. The summed E-state index contributed by atoms with van der Waals surface area (Å²) in [7, 11) is 0. The van der Waals surface area contributed by atoms with Gasteiger partial charge in [0, 0.05) is 9.65 Å². The molecule has 2 amide bonds. The van der Waals surface area contributed by atoms with E-state index in [0.717, 1.165) is 12.8 Å². The van der Waals surface area contributed by atoms with E-state index < -0.39 is 0 Å². The van der Waals surface area contributed by atoms with E-state index in [1.165, 1.54) is 43.4 Å². The van der Waals surface area contributed by atoms with Gasteiger partial charge in [0.15, 0.2) is 0 Å². The maximum absolute atomic E-state index is 12.9. The van der Waals surface area contributed by atoms with Gasteiger partial charge < -0.3 is 4.74 Å². The van der Waals surface area contributed by atoms with Gasteiger partial charge in [-0.1, -0.05) is 83.7 Å². The van der Waals surface area contributed by atoms with Gasteiger partial charge in [-0.3, -0.25) is 14.5 Å². The van der Waals surface area contributed by atoms with Crippen molar-refractivity contribution in [2.24, 2.45) is 11.8 Å². The van der Waals surface area contributed by atoms with E-state index in [-0.39, 0.29) is 39.3 Å². The number of anilines is 1. The van der Waals surface area contributed by atoms with Crippen molar-refractivity contribution in [1.82, 2.24) is 0 Å². The van der Waals surface area contributed by atoms with Gasteiger partial charge in [0.05, 0.1) is 29.7 Å². The van der Waals surface area contributed by atoms with Crippen LogP contribution in [0.4, 0.5) is 5.69 Å². The van der Waals surface area contributed by atoms with Crippen LogP contribution in [0.2, 0.25) is 0 Å². The number of ether oxygens (including phenoxy) is 1. The van der Waals surface area contributed by atoms with Gasteiger partial charge in [0.2, 0.25) is 11.8 Å². The van der Waals surface area contributed by atoms with Crippen molar-refractivity contribution in [2.45, 2.75) is 80.8 Å². The highest BCUT2D eigenvalue weighted by Crippen LogP contribution is 2.44. The van der Waals surface area contributed by atoms with Gasteiger partial charge in [-0.2, -0.15) is 0 Å². The summed E-state index contributed by atoms with van der Waals surface area (Å²) in [6, 6.07) is 6.59. The lowest BCUT2D eigenvalue weighted by Gasteiger charge is -2.29. The SMILES string of the molecule is CCCCCCCCCCOC(=O)c1ccc(N2C(=O)C3CC(Br)C(Br)CC3C2=O)cc1. The molecule has 1 aromatic carbocycles. The zero-order valence-electron chi connectivity index (χ0n) is 18.7. The summed E-state index contributed by atoms with van der Waals surface area (Å²) < 4.78 is 5.38. The number of fused-ring (bicyclic) bond motifs is 1. The molecule has 1 aromatic rings. The Hall–Kier alpha value is -1.21. The standard InChI is InChI=1S/C25H33Br2NO4/c1-2-3-4-5-6-7-8-9-14-32-25(31)17-10-12-18(13-11-17)28-23(29)19-15-21(26)22(27)16-20(19)24(28)30/h10-13,19-22H,2-9,14-16H2,1H3. The molecule has 1 saturated heterocycles. The number of alkyl halides is 2. The summed E-state index contributed by atoms with van der Waals surface area (Å²) in [5, 5.41) is 0. The molecule has 176 valence electrons.